The Bertz CT molecular complexity index is 295. The molecule has 5 nitrogen and oxygen atoms in total. The Morgan fingerprint density at radius 2 is 1.85 bits per heavy atom. The maximum atomic E-state index is 11.6. The summed E-state index contributed by atoms with van der Waals surface area (Å²) in [6, 6.07) is -1.81. The summed E-state index contributed by atoms with van der Waals surface area (Å²) in [5, 5.41) is 8.12. The quantitative estimate of drug-likeness (QED) is 0.697. The molecule has 13 heavy (non-hydrogen) atoms. The van der Waals surface area contributed by atoms with Gasteiger partial charge in [-0.25, -0.2) is 8.42 Å². The van der Waals surface area contributed by atoms with E-state index < -0.39 is 27.5 Å². The van der Waals surface area contributed by atoms with E-state index in [0.717, 1.165) is 11.6 Å². The van der Waals surface area contributed by atoms with Crippen LogP contribution in [0.25, 0.3) is 0 Å². The fourth-order valence-electron chi connectivity index (χ4n) is 0.350. The molecule has 0 aliphatic heterocycles. The van der Waals surface area contributed by atoms with Crippen LogP contribution in [0, 0.1) is 0 Å². The van der Waals surface area contributed by atoms with Crippen molar-refractivity contribution in [3.8, 4) is 0 Å². The number of hydrogen-bond donors (Lipinski definition) is 2. The minimum atomic E-state index is -5.57. The molecule has 0 aliphatic carbocycles. The van der Waals surface area contributed by atoms with Crippen LogP contribution in [0.5, 0.6) is 0 Å². The molecule has 0 unspecified atom stereocenters. The number of carboxylic acid groups (broad SMARTS) is 1. The summed E-state index contributed by atoms with van der Waals surface area (Å²) in [6.07, 6.45) is 0. The van der Waals surface area contributed by atoms with E-state index in [0.29, 0.717) is 0 Å². The van der Waals surface area contributed by atoms with E-state index in [-0.39, 0.29) is 0 Å². The first-order valence-electron chi connectivity index (χ1n) is 2.89. The summed E-state index contributed by atoms with van der Waals surface area (Å²) >= 11 is 0. The maximum Gasteiger partial charge on any atom is 0.511 e. The lowest BCUT2D eigenvalue weighted by Gasteiger charge is -2.11. The highest BCUT2D eigenvalue weighted by molar-refractivity contribution is 7.90. The number of carboxylic acids is 1. The average molecular weight is 221 g/mol. The second-order valence-corrected chi connectivity index (χ2v) is 3.83. The van der Waals surface area contributed by atoms with Gasteiger partial charge in [-0.05, 0) is 6.92 Å². The van der Waals surface area contributed by atoms with Crippen molar-refractivity contribution in [1.29, 1.82) is 0 Å². The summed E-state index contributed by atoms with van der Waals surface area (Å²) in [4.78, 5) is 10.0. The molecule has 0 heterocycles. The van der Waals surface area contributed by atoms with E-state index in [9.17, 15) is 26.4 Å². The van der Waals surface area contributed by atoms with E-state index >= 15 is 0 Å². The first-order valence-corrected chi connectivity index (χ1v) is 4.37. The van der Waals surface area contributed by atoms with Crippen molar-refractivity contribution in [3.05, 3.63) is 0 Å². The lowest BCUT2D eigenvalue weighted by molar-refractivity contribution is -0.138. The van der Waals surface area contributed by atoms with Crippen LogP contribution >= 0.6 is 0 Å². The highest BCUT2D eigenvalue weighted by atomic mass is 32.2. The number of nitrogens with one attached hydrogen (secondary N) is 1. The van der Waals surface area contributed by atoms with Gasteiger partial charge in [0.25, 0.3) is 0 Å². The SMILES string of the molecule is C[C@@H](NS(=O)(=O)C(F)(F)F)C(=O)O. The van der Waals surface area contributed by atoms with Crippen LogP contribution in [0.1, 0.15) is 6.92 Å². The molecule has 0 saturated carbocycles. The molecule has 0 saturated heterocycles. The zero-order chi connectivity index (χ0) is 10.9. The highest BCUT2D eigenvalue weighted by Crippen LogP contribution is 2.21. The standard InChI is InChI=1S/C4H6F3NO4S/c1-2(3(9)10)8-13(11,12)4(5,6)7/h2,8H,1H3,(H,9,10)/t2-/m1/s1. The zero-order valence-electron chi connectivity index (χ0n) is 6.29. The second kappa shape index (κ2) is 3.50. The molecule has 0 aromatic carbocycles. The number of alkyl halides is 3. The summed E-state index contributed by atoms with van der Waals surface area (Å²) in [5.74, 6) is -1.69. The molecule has 0 fully saturated rings. The monoisotopic (exact) mass is 221 g/mol. The van der Waals surface area contributed by atoms with Crippen molar-refractivity contribution in [1.82, 2.24) is 4.72 Å². The molecule has 0 bridgehead atoms. The van der Waals surface area contributed by atoms with Crippen LogP contribution in [0.2, 0.25) is 0 Å². The van der Waals surface area contributed by atoms with Crippen molar-refractivity contribution >= 4 is 16.0 Å². The van der Waals surface area contributed by atoms with Crippen LogP contribution < -0.4 is 4.72 Å². The van der Waals surface area contributed by atoms with Crippen molar-refractivity contribution in [2.45, 2.75) is 18.5 Å². The number of sulfonamides is 1. The lowest BCUT2D eigenvalue weighted by atomic mass is 10.4. The Morgan fingerprint density at radius 3 is 2.08 bits per heavy atom. The van der Waals surface area contributed by atoms with E-state index in [1.807, 2.05) is 0 Å². The predicted octanol–water partition coefficient (Wildman–Crippen LogP) is -0.101. The number of halogens is 3. The van der Waals surface area contributed by atoms with Gasteiger partial charge in [-0.2, -0.15) is 17.9 Å². The summed E-state index contributed by atoms with van der Waals surface area (Å²) in [7, 11) is -5.57. The minimum Gasteiger partial charge on any atom is -0.480 e. The highest BCUT2D eigenvalue weighted by Gasteiger charge is 2.47. The van der Waals surface area contributed by atoms with E-state index in [1.165, 1.54) is 0 Å². The molecular weight excluding hydrogens is 215 g/mol. The molecule has 1 atom stereocenters. The molecule has 0 rings (SSSR count). The predicted molar refractivity (Wildman–Crippen MR) is 35.2 cm³/mol. The molecule has 0 amide bonds. The number of hydrogen-bond acceptors (Lipinski definition) is 3. The van der Waals surface area contributed by atoms with Crippen LogP contribution in [-0.4, -0.2) is 31.0 Å². The van der Waals surface area contributed by atoms with Gasteiger partial charge in [0.15, 0.2) is 0 Å². The van der Waals surface area contributed by atoms with Crippen molar-refractivity contribution in [2.24, 2.45) is 0 Å². The fraction of sp³-hybridized carbons (Fsp3) is 0.750. The van der Waals surface area contributed by atoms with Gasteiger partial charge in [0, 0.05) is 0 Å². The van der Waals surface area contributed by atoms with Crippen molar-refractivity contribution < 1.29 is 31.5 Å². The Morgan fingerprint density at radius 1 is 1.46 bits per heavy atom. The summed E-state index contributed by atoms with van der Waals surface area (Å²) in [6.45, 7) is 0.783. The third-order valence-corrected chi connectivity index (χ3v) is 2.28. The molecule has 2 N–H and O–H groups in total. The Kier molecular flexibility index (Phi) is 3.28. The zero-order valence-corrected chi connectivity index (χ0v) is 7.11. The first kappa shape index (κ1) is 12.2. The second-order valence-electron chi connectivity index (χ2n) is 2.13. The maximum absolute atomic E-state index is 11.6. The van der Waals surface area contributed by atoms with Crippen LogP contribution in [0.15, 0.2) is 0 Å². The van der Waals surface area contributed by atoms with Crippen LogP contribution in [0.4, 0.5) is 13.2 Å². The average Bonchev–Trinajstić information content (AvgIpc) is 1.83. The number of aliphatic carboxylic acids is 1. The number of rotatable bonds is 3. The van der Waals surface area contributed by atoms with Crippen molar-refractivity contribution in [2.75, 3.05) is 0 Å². The van der Waals surface area contributed by atoms with Gasteiger partial charge in [0.1, 0.15) is 6.04 Å². The summed E-state index contributed by atoms with van der Waals surface area (Å²) < 4.78 is 56.3. The molecule has 9 heteroatoms. The Balaban J connectivity index is 4.64. The molecule has 0 aromatic rings. The topological polar surface area (TPSA) is 83.5 Å². The molecule has 0 spiro atoms. The molecule has 0 aliphatic rings. The van der Waals surface area contributed by atoms with Crippen LogP contribution in [0.3, 0.4) is 0 Å². The third-order valence-electron chi connectivity index (χ3n) is 1.01. The largest absolute Gasteiger partial charge is 0.511 e. The third kappa shape index (κ3) is 3.19. The first-order chi connectivity index (χ1) is 5.58. The van der Waals surface area contributed by atoms with E-state index in [1.54, 1.807) is 0 Å². The van der Waals surface area contributed by atoms with E-state index in [4.69, 9.17) is 5.11 Å². The van der Waals surface area contributed by atoms with E-state index in [2.05, 4.69) is 0 Å². The molecule has 0 radical (unpaired) electrons. The smallest absolute Gasteiger partial charge is 0.480 e. The van der Waals surface area contributed by atoms with Gasteiger partial charge in [-0.1, -0.05) is 0 Å². The molecule has 78 valence electrons. The number of carbonyl (C=O) groups is 1. The Labute approximate surface area is 71.6 Å². The van der Waals surface area contributed by atoms with Crippen LogP contribution in [-0.2, 0) is 14.8 Å². The Hall–Kier alpha value is -0.830. The summed E-state index contributed by atoms with van der Waals surface area (Å²) in [5.41, 5.74) is -5.49. The minimum absolute atomic E-state index is 0.783. The molecule has 0 aromatic heterocycles. The van der Waals surface area contributed by atoms with Gasteiger partial charge in [-0.15, -0.1) is 0 Å². The lowest BCUT2D eigenvalue weighted by Crippen LogP contribution is -2.44. The fourth-order valence-corrected chi connectivity index (χ4v) is 1.05. The van der Waals surface area contributed by atoms with Gasteiger partial charge >= 0.3 is 21.5 Å². The van der Waals surface area contributed by atoms with Gasteiger partial charge < -0.3 is 5.11 Å². The molecular formula is C4H6F3NO4S. The van der Waals surface area contributed by atoms with Gasteiger partial charge in [-0.3, -0.25) is 4.79 Å². The van der Waals surface area contributed by atoms with Gasteiger partial charge in [0.05, 0.1) is 0 Å². The normalized spacial score (nSPS) is 15.4. The van der Waals surface area contributed by atoms with Gasteiger partial charge in [0.2, 0.25) is 0 Å². The van der Waals surface area contributed by atoms with Crippen molar-refractivity contribution in [3.63, 3.8) is 0 Å².